The fraction of sp³-hybridized carbons (Fsp3) is 0.636. The lowest BCUT2D eigenvalue weighted by Crippen LogP contribution is -2.21. The largest absolute Gasteiger partial charge is 0.512 e. The number of hydrogen-bond donors (Lipinski definition) is 1. The van der Waals surface area contributed by atoms with E-state index in [-0.39, 0.29) is 5.41 Å². The topological polar surface area (TPSA) is 20.2 Å². The van der Waals surface area contributed by atoms with Crippen LogP contribution in [-0.4, -0.2) is 5.11 Å². The van der Waals surface area contributed by atoms with E-state index < -0.39 is 0 Å². The Morgan fingerprint density at radius 1 is 1.42 bits per heavy atom. The number of allylic oxidation sites excluding steroid dienone is 3. The van der Waals surface area contributed by atoms with Crippen LogP contribution in [0.3, 0.4) is 0 Å². The van der Waals surface area contributed by atoms with Gasteiger partial charge in [0.15, 0.2) is 0 Å². The van der Waals surface area contributed by atoms with Crippen molar-refractivity contribution in [2.75, 3.05) is 0 Å². The zero-order chi connectivity index (χ0) is 9.35. The Balaban J connectivity index is 2.97. The van der Waals surface area contributed by atoms with E-state index in [4.69, 9.17) is 0 Å². The SMILES string of the molecule is CC1=CC(C)(C(C)C)C=C(O)C1. The van der Waals surface area contributed by atoms with Gasteiger partial charge < -0.3 is 5.11 Å². The average molecular weight is 166 g/mol. The Morgan fingerprint density at radius 3 is 2.42 bits per heavy atom. The highest BCUT2D eigenvalue weighted by molar-refractivity contribution is 5.25. The monoisotopic (exact) mass is 166 g/mol. The van der Waals surface area contributed by atoms with Crippen molar-refractivity contribution in [3.63, 3.8) is 0 Å². The number of aliphatic hydroxyl groups is 1. The van der Waals surface area contributed by atoms with Crippen molar-refractivity contribution in [3.8, 4) is 0 Å². The molecule has 0 fully saturated rings. The van der Waals surface area contributed by atoms with E-state index in [1.165, 1.54) is 5.57 Å². The summed E-state index contributed by atoms with van der Waals surface area (Å²) in [5.74, 6) is 1.06. The van der Waals surface area contributed by atoms with Gasteiger partial charge in [0.05, 0.1) is 5.76 Å². The van der Waals surface area contributed by atoms with E-state index in [0.29, 0.717) is 11.7 Å². The highest BCUT2D eigenvalue weighted by Gasteiger charge is 2.26. The van der Waals surface area contributed by atoms with Crippen molar-refractivity contribution in [1.29, 1.82) is 0 Å². The Morgan fingerprint density at radius 2 is 2.00 bits per heavy atom. The maximum atomic E-state index is 9.48. The Hall–Kier alpha value is -0.720. The lowest BCUT2D eigenvalue weighted by Gasteiger charge is -2.31. The summed E-state index contributed by atoms with van der Waals surface area (Å²) in [6.07, 6.45) is 4.96. The minimum Gasteiger partial charge on any atom is -0.512 e. The van der Waals surface area contributed by atoms with E-state index in [2.05, 4.69) is 33.8 Å². The molecule has 0 aromatic heterocycles. The van der Waals surface area contributed by atoms with Crippen LogP contribution in [0.4, 0.5) is 0 Å². The highest BCUT2D eigenvalue weighted by Crippen LogP contribution is 2.37. The third-order valence-corrected chi connectivity index (χ3v) is 2.74. The second-order valence-corrected chi connectivity index (χ2v) is 4.32. The summed E-state index contributed by atoms with van der Waals surface area (Å²) in [5.41, 5.74) is 1.32. The van der Waals surface area contributed by atoms with Gasteiger partial charge in [0, 0.05) is 11.8 Å². The molecule has 0 amide bonds. The van der Waals surface area contributed by atoms with Crippen LogP contribution in [0.5, 0.6) is 0 Å². The first-order chi connectivity index (χ1) is 5.44. The van der Waals surface area contributed by atoms with Crippen molar-refractivity contribution in [2.24, 2.45) is 11.3 Å². The molecule has 12 heavy (non-hydrogen) atoms. The zero-order valence-corrected chi connectivity index (χ0v) is 8.39. The van der Waals surface area contributed by atoms with Crippen molar-refractivity contribution in [2.45, 2.75) is 34.1 Å². The van der Waals surface area contributed by atoms with Gasteiger partial charge in [-0.2, -0.15) is 0 Å². The minimum atomic E-state index is 0.0480. The van der Waals surface area contributed by atoms with Crippen LogP contribution >= 0.6 is 0 Å². The first-order valence-electron chi connectivity index (χ1n) is 4.53. The van der Waals surface area contributed by atoms with Gasteiger partial charge in [0.2, 0.25) is 0 Å². The van der Waals surface area contributed by atoms with Gasteiger partial charge in [0.1, 0.15) is 0 Å². The van der Waals surface area contributed by atoms with Crippen LogP contribution in [0.15, 0.2) is 23.5 Å². The molecule has 1 unspecified atom stereocenters. The third kappa shape index (κ3) is 1.71. The molecule has 1 aliphatic rings. The first-order valence-corrected chi connectivity index (χ1v) is 4.53. The predicted octanol–water partition coefficient (Wildman–Crippen LogP) is 3.44. The first kappa shape index (κ1) is 9.37. The lowest BCUT2D eigenvalue weighted by molar-refractivity contribution is 0.327. The molecule has 0 bridgehead atoms. The average Bonchev–Trinajstić information content (AvgIpc) is 1.82. The van der Waals surface area contributed by atoms with Crippen LogP contribution in [0.2, 0.25) is 0 Å². The molecule has 0 radical (unpaired) electrons. The smallest absolute Gasteiger partial charge is 0.0931 e. The van der Waals surface area contributed by atoms with Gasteiger partial charge >= 0.3 is 0 Å². The molecule has 1 atom stereocenters. The maximum absolute atomic E-state index is 9.48. The minimum absolute atomic E-state index is 0.0480. The molecular formula is C11H18O. The molecular weight excluding hydrogens is 148 g/mol. The van der Waals surface area contributed by atoms with Crippen LogP contribution < -0.4 is 0 Å². The Kier molecular flexibility index (Phi) is 2.31. The summed E-state index contributed by atoms with van der Waals surface area (Å²) in [6.45, 7) is 8.60. The molecule has 0 saturated heterocycles. The fourth-order valence-corrected chi connectivity index (χ4v) is 1.65. The van der Waals surface area contributed by atoms with E-state index >= 15 is 0 Å². The standard InChI is InChI=1S/C11H18O/c1-8(2)11(4)6-9(3)5-10(12)7-11/h6-8,12H,5H2,1-4H3. The molecule has 0 saturated carbocycles. The maximum Gasteiger partial charge on any atom is 0.0931 e. The summed E-state index contributed by atoms with van der Waals surface area (Å²) >= 11 is 0. The summed E-state index contributed by atoms with van der Waals surface area (Å²) in [6, 6.07) is 0. The van der Waals surface area contributed by atoms with Crippen LogP contribution in [0.1, 0.15) is 34.1 Å². The molecule has 1 aliphatic carbocycles. The van der Waals surface area contributed by atoms with E-state index in [0.717, 1.165) is 6.42 Å². The molecule has 0 aliphatic heterocycles. The summed E-state index contributed by atoms with van der Waals surface area (Å²) in [4.78, 5) is 0. The van der Waals surface area contributed by atoms with Crippen molar-refractivity contribution in [1.82, 2.24) is 0 Å². The lowest BCUT2D eigenvalue weighted by atomic mass is 9.74. The third-order valence-electron chi connectivity index (χ3n) is 2.74. The van der Waals surface area contributed by atoms with Crippen molar-refractivity contribution >= 4 is 0 Å². The molecule has 1 rings (SSSR count). The number of rotatable bonds is 1. The molecule has 1 nitrogen and oxygen atoms in total. The van der Waals surface area contributed by atoms with Crippen LogP contribution in [0, 0.1) is 11.3 Å². The van der Waals surface area contributed by atoms with Gasteiger partial charge in [-0.25, -0.2) is 0 Å². The predicted molar refractivity (Wildman–Crippen MR) is 52.0 cm³/mol. The quantitative estimate of drug-likeness (QED) is 0.591. The van der Waals surface area contributed by atoms with Gasteiger partial charge in [-0.1, -0.05) is 32.4 Å². The van der Waals surface area contributed by atoms with Crippen molar-refractivity contribution in [3.05, 3.63) is 23.5 Å². The van der Waals surface area contributed by atoms with Crippen molar-refractivity contribution < 1.29 is 5.11 Å². The van der Waals surface area contributed by atoms with Gasteiger partial charge in [-0.3, -0.25) is 0 Å². The van der Waals surface area contributed by atoms with Gasteiger partial charge in [-0.05, 0) is 18.9 Å². The normalized spacial score (nSPS) is 30.1. The summed E-state index contributed by atoms with van der Waals surface area (Å²) in [7, 11) is 0. The molecule has 68 valence electrons. The highest BCUT2D eigenvalue weighted by atomic mass is 16.3. The zero-order valence-electron chi connectivity index (χ0n) is 8.39. The van der Waals surface area contributed by atoms with E-state index in [1.807, 2.05) is 6.08 Å². The fourth-order valence-electron chi connectivity index (χ4n) is 1.65. The Labute approximate surface area is 74.8 Å². The number of hydrogen-bond acceptors (Lipinski definition) is 1. The van der Waals surface area contributed by atoms with Crippen LogP contribution in [0.25, 0.3) is 0 Å². The van der Waals surface area contributed by atoms with E-state index in [1.54, 1.807) is 0 Å². The Bertz CT molecular complexity index is 215. The van der Waals surface area contributed by atoms with E-state index in [9.17, 15) is 5.11 Å². The molecule has 0 heterocycles. The molecule has 1 N–H and O–H groups in total. The summed E-state index contributed by atoms with van der Waals surface area (Å²) < 4.78 is 0. The number of aliphatic hydroxyl groups excluding tert-OH is 1. The van der Waals surface area contributed by atoms with Crippen LogP contribution in [-0.2, 0) is 0 Å². The molecule has 0 spiro atoms. The van der Waals surface area contributed by atoms with Gasteiger partial charge in [0.25, 0.3) is 0 Å². The molecule has 1 heteroatoms. The second kappa shape index (κ2) is 2.96. The second-order valence-electron chi connectivity index (χ2n) is 4.32. The van der Waals surface area contributed by atoms with Gasteiger partial charge in [-0.15, -0.1) is 0 Å². The molecule has 0 aromatic rings. The summed E-state index contributed by atoms with van der Waals surface area (Å²) in [5, 5.41) is 9.48. The molecule has 0 aromatic carbocycles.